The smallest absolute Gasteiger partial charge is 0.237 e. The molecule has 1 amide bonds. The van der Waals surface area contributed by atoms with Crippen molar-refractivity contribution in [2.24, 2.45) is 0 Å². The van der Waals surface area contributed by atoms with Crippen LogP contribution in [0.25, 0.3) is 0 Å². The molecule has 1 heterocycles. The SMILES string of the molecule is O=C(NCc1ccccc1OCCO)C1Cc2ccccc2CN1. The lowest BCUT2D eigenvalue weighted by molar-refractivity contribution is -0.123. The van der Waals surface area contributed by atoms with Crippen LogP contribution < -0.4 is 15.4 Å². The molecule has 126 valence electrons. The zero-order valence-electron chi connectivity index (χ0n) is 13.5. The molecule has 0 saturated heterocycles. The Hall–Kier alpha value is -2.37. The van der Waals surface area contributed by atoms with Gasteiger partial charge in [0.15, 0.2) is 0 Å². The average molecular weight is 326 g/mol. The highest BCUT2D eigenvalue weighted by molar-refractivity contribution is 5.82. The summed E-state index contributed by atoms with van der Waals surface area (Å²) >= 11 is 0. The summed E-state index contributed by atoms with van der Waals surface area (Å²) in [7, 11) is 0. The second-order valence-corrected chi connectivity index (χ2v) is 5.80. The van der Waals surface area contributed by atoms with Gasteiger partial charge in [-0.05, 0) is 23.6 Å². The fourth-order valence-corrected chi connectivity index (χ4v) is 2.89. The zero-order valence-corrected chi connectivity index (χ0v) is 13.5. The number of benzene rings is 2. The molecule has 1 aliphatic heterocycles. The van der Waals surface area contributed by atoms with Crippen molar-refractivity contribution in [3.05, 3.63) is 65.2 Å². The quantitative estimate of drug-likeness (QED) is 0.750. The van der Waals surface area contributed by atoms with Crippen molar-refractivity contribution in [3.63, 3.8) is 0 Å². The minimum atomic E-state index is -0.217. The van der Waals surface area contributed by atoms with Crippen LogP contribution in [0.5, 0.6) is 5.75 Å². The third-order valence-electron chi connectivity index (χ3n) is 4.17. The molecule has 0 bridgehead atoms. The van der Waals surface area contributed by atoms with Crippen molar-refractivity contribution in [2.45, 2.75) is 25.6 Å². The molecule has 1 atom stereocenters. The highest BCUT2D eigenvalue weighted by Crippen LogP contribution is 2.19. The third kappa shape index (κ3) is 3.93. The Morgan fingerprint density at radius 3 is 2.75 bits per heavy atom. The molecule has 2 aromatic carbocycles. The van der Waals surface area contributed by atoms with Crippen LogP contribution >= 0.6 is 0 Å². The van der Waals surface area contributed by atoms with Gasteiger partial charge in [-0.1, -0.05) is 42.5 Å². The van der Waals surface area contributed by atoms with Gasteiger partial charge in [-0.15, -0.1) is 0 Å². The molecule has 0 fully saturated rings. The van der Waals surface area contributed by atoms with Crippen LogP contribution in [0, 0.1) is 0 Å². The van der Waals surface area contributed by atoms with Gasteiger partial charge in [0, 0.05) is 18.7 Å². The van der Waals surface area contributed by atoms with E-state index in [1.165, 1.54) is 11.1 Å². The summed E-state index contributed by atoms with van der Waals surface area (Å²) in [4.78, 5) is 12.5. The maximum Gasteiger partial charge on any atom is 0.237 e. The Kier molecular flexibility index (Phi) is 5.46. The number of rotatable bonds is 6. The monoisotopic (exact) mass is 326 g/mol. The van der Waals surface area contributed by atoms with Crippen molar-refractivity contribution < 1.29 is 14.6 Å². The fourth-order valence-electron chi connectivity index (χ4n) is 2.89. The number of hydrogen-bond donors (Lipinski definition) is 3. The van der Waals surface area contributed by atoms with Gasteiger partial charge in [0.1, 0.15) is 12.4 Å². The molecule has 1 unspecified atom stereocenters. The third-order valence-corrected chi connectivity index (χ3v) is 4.17. The molecule has 3 N–H and O–H groups in total. The zero-order chi connectivity index (χ0) is 16.8. The molecule has 0 aliphatic carbocycles. The van der Waals surface area contributed by atoms with Gasteiger partial charge in [-0.2, -0.15) is 0 Å². The Morgan fingerprint density at radius 2 is 1.92 bits per heavy atom. The summed E-state index contributed by atoms with van der Waals surface area (Å²) < 4.78 is 5.49. The van der Waals surface area contributed by atoms with Crippen LogP contribution in [0.4, 0.5) is 0 Å². The van der Waals surface area contributed by atoms with E-state index in [9.17, 15) is 4.79 Å². The van der Waals surface area contributed by atoms with Crippen LogP contribution in [0.1, 0.15) is 16.7 Å². The van der Waals surface area contributed by atoms with Crippen LogP contribution in [0.2, 0.25) is 0 Å². The first-order chi connectivity index (χ1) is 11.8. The van der Waals surface area contributed by atoms with Crippen LogP contribution in [-0.4, -0.2) is 30.3 Å². The molecule has 24 heavy (non-hydrogen) atoms. The van der Waals surface area contributed by atoms with Crippen molar-refractivity contribution in [1.82, 2.24) is 10.6 Å². The van der Waals surface area contributed by atoms with Gasteiger partial charge in [-0.25, -0.2) is 0 Å². The first kappa shape index (κ1) is 16.5. The summed E-state index contributed by atoms with van der Waals surface area (Å²) in [6.45, 7) is 1.32. The molecule has 5 heteroatoms. The van der Waals surface area contributed by atoms with Gasteiger partial charge in [0.05, 0.1) is 12.6 Å². The molecule has 0 saturated carbocycles. The Morgan fingerprint density at radius 1 is 1.17 bits per heavy atom. The topological polar surface area (TPSA) is 70.6 Å². The Balaban J connectivity index is 1.59. The number of aliphatic hydroxyl groups is 1. The number of hydrogen-bond acceptors (Lipinski definition) is 4. The van der Waals surface area contributed by atoms with Crippen molar-refractivity contribution >= 4 is 5.91 Å². The molecular weight excluding hydrogens is 304 g/mol. The lowest BCUT2D eigenvalue weighted by Crippen LogP contribution is -2.47. The molecule has 1 aliphatic rings. The van der Waals surface area contributed by atoms with Crippen molar-refractivity contribution in [2.75, 3.05) is 13.2 Å². The number of aliphatic hydroxyl groups excluding tert-OH is 1. The Labute approximate surface area is 141 Å². The van der Waals surface area contributed by atoms with E-state index in [0.29, 0.717) is 25.3 Å². The summed E-state index contributed by atoms with van der Waals surface area (Å²) in [6.07, 6.45) is 0.699. The minimum Gasteiger partial charge on any atom is -0.491 e. The number of ether oxygens (including phenoxy) is 1. The van der Waals surface area contributed by atoms with Gasteiger partial charge in [0.2, 0.25) is 5.91 Å². The van der Waals surface area contributed by atoms with Gasteiger partial charge < -0.3 is 20.5 Å². The fraction of sp³-hybridized carbons (Fsp3) is 0.316. The van der Waals surface area contributed by atoms with E-state index in [2.05, 4.69) is 22.8 Å². The van der Waals surface area contributed by atoms with E-state index in [1.54, 1.807) is 0 Å². The maximum absolute atomic E-state index is 12.5. The predicted molar refractivity (Wildman–Crippen MR) is 91.6 cm³/mol. The molecule has 3 rings (SSSR count). The summed E-state index contributed by atoms with van der Waals surface area (Å²) in [5.74, 6) is 0.676. The number of carbonyl (C=O) groups is 1. The second kappa shape index (κ2) is 7.95. The predicted octanol–water partition coefficient (Wildman–Crippen LogP) is 1.39. The normalized spacial score (nSPS) is 16.3. The maximum atomic E-state index is 12.5. The van der Waals surface area contributed by atoms with E-state index in [0.717, 1.165) is 5.56 Å². The van der Waals surface area contributed by atoms with Gasteiger partial charge >= 0.3 is 0 Å². The van der Waals surface area contributed by atoms with E-state index in [4.69, 9.17) is 9.84 Å². The summed E-state index contributed by atoms with van der Waals surface area (Å²) in [6, 6.07) is 15.5. The highest BCUT2D eigenvalue weighted by Gasteiger charge is 2.23. The molecule has 0 radical (unpaired) electrons. The standard InChI is InChI=1S/C19H22N2O3/c22-9-10-24-18-8-4-3-7-16(18)13-21-19(23)17-11-14-5-1-2-6-15(14)12-20-17/h1-8,17,20,22H,9-13H2,(H,21,23). The molecule has 0 spiro atoms. The van der Waals surface area contributed by atoms with Crippen molar-refractivity contribution in [3.8, 4) is 5.75 Å². The molecule has 5 nitrogen and oxygen atoms in total. The number of amides is 1. The summed E-state index contributed by atoms with van der Waals surface area (Å²) in [5.41, 5.74) is 3.38. The lowest BCUT2D eigenvalue weighted by atomic mass is 9.95. The van der Waals surface area contributed by atoms with Crippen LogP contribution in [0.3, 0.4) is 0 Å². The first-order valence-electron chi connectivity index (χ1n) is 8.17. The van der Waals surface area contributed by atoms with Gasteiger partial charge in [0.25, 0.3) is 0 Å². The molecule has 0 aromatic heterocycles. The minimum absolute atomic E-state index is 0.0125. The van der Waals surface area contributed by atoms with E-state index in [-0.39, 0.29) is 25.2 Å². The summed E-state index contributed by atoms with van der Waals surface area (Å²) in [5, 5.41) is 15.1. The highest BCUT2D eigenvalue weighted by atomic mass is 16.5. The number of nitrogens with one attached hydrogen (secondary N) is 2. The van der Waals surface area contributed by atoms with Crippen LogP contribution in [-0.2, 0) is 24.3 Å². The first-order valence-corrected chi connectivity index (χ1v) is 8.17. The number of para-hydroxylation sites is 1. The van der Waals surface area contributed by atoms with Gasteiger partial charge in [-0.3, -0.25) is 4.79 Å². The number of carbonyl (C=O) groups excluding carboxylic acids is 1. The average Bonchev–Trinajstić information content (AvgIpc) is 2.64. The van der Waals surface area contributed by atoms with Crippen LogP contribution in [0.15, 0.2) is 48.5 Å². The second-order valence-electron chi connectivity index (χ2n) is 5.80. The molecular formula is C19H22N2O3. The van der Waals surface area contributed by atoms with E-state index in [1.807, 2.05) is 36.4 Å². The largest absolute Gasteiger partial charge is 0.491 e. The van der Waals surface area contributed by atoms with Crippen molar-refractivity contribution in [1.29, 1.82) is 0 Å². The Bertz CT molecular complexity index is 703. The number of fused-ring (bicyclic) bond motifs is 1. The van der Waals surface area contributed by atoms with E-state index < -0.39 is 0 Å². The lowest BCUT2D eigenvalue weighted by Gasteiger charge is -2.25. The van der Waals surface area contributed by atoms with E-state index >= 15 is 0 Å². The molecule has 2 aromatic rings.